The molecule has 3 aromatic rings. The predicted octanol–water partition coefficient (Wildman–Crippen LogP) is 3.81. The SMILES string of the molecule is CCC(C)N(C)CCNCc1cn(Cc2ccccc2)nc1-c1cccnc1. The number of aromatic nitrogens is 3. The normalized spacial score (nSPS) is 12.4. The van der Waals surface area contributed by atoms with Crippen molar-refractivity contribution in [1.82, 2.24) is 25.0 Å². The Bertz CT molecular complexity index is 829. The molecule has 1 aromatic carbocycles. The first-order chi connectivity index (χ1) is 13.7. The molecule has 5 heteroatoms. The van der Waals surface area contributed by atoms with E-state index in [1.54, 1.807) is 6.20 Å². The molecule has 0 aliphatic rings. The van der Waals surface area contributed by atoms with Gasteiger partial charge in [0.1, 0.15) is 0 Å². The molecule has 0 aliphatic carbocycles. The average Bonchev–Trinajstić information content (AvgIpc) is 3.14. The molecule has 28 heavy (non-hydrogen) atoms. The molecule has 148 valence electrons. The minimum absolute atomic E-state index is 0.612. The molecule has 0 radical (unpaired) electrons. The zero-order valence-electron chi connectivity index (χ0n) is 17.2. The Morgan fingerprint density at radius 3 is 2.68 bits per heavy atom. The molecule has 0 saturated heterocycles. The van der Waals surface area contributed by atoms with E-state index in [9.17, 15) is 0 Å². The van der Waals surface area contributed by atoms with E-state index in [1.165, 1.54) is 17.5 Å². The van der Waals surface area contributed by atoms with Gasteiger partial charge in [-0.3, -0.25) is 9.67 Å². The van der Waals surface area contributed by atoms with Crippen molar-refractivity contribution in [2.75, 3.05) is 20.1 Å². The third-order valence-electron chi connectivity index (χ3n) is 5.26. The van der Waals surface area contributed by atoms with E-state index in [4.69, 9.17) is 5.10 Å². The van der Waals surface area contributed by atoms with E-state index in [2.05, 4.69) is 72.6 Å². The van der Waals surface area contributed by atoms with Gasteiger partial charge in [0, 0.05) is 55.4 Å². The summed E-state index contributed by atoms with van der Waals surface area (Å²) in [5, 5.41) is 8.44. The van der Waals surface area contributed by atoms with Crippen molar-refractivity contribution in [3.63, 3.8) is 0 Å². The van der Waals surface area contributed by atoms with Crippen LogP contribution in [0.2, 0.25) is 0 Å². The van der Waals surface area contributed by atoms with Gasteiger partial charge in [-0.05, 0) is 38.1 Å². The summed E-state index contributed by atoms with van der Waals surface area (Å²) in [6.45, 7) is 8.06. The second kappa shape index (κ2) is 10.2. The first-order valence-corrected chi connectivity index (χ1v) is 10.1. The van der Waals surface area contributed by atoms with Crippen LogP contribution in [0.5, 0.6) is 0 Å². The Hall–Kier alpha value is -2.50. The second-order valence-electron chi connectivity index (χ2n) is 7.34. The first kappa shape index (κ1) is 20.2. The maximum atomic E-state index is 4.86. The van der Waals surface area contributed by atoms with Crippen LogP contribution in [0, 0.1) is 0 Å². The van der Waals surface area contributed by atoms with Crippen LogP contribution in [0.15, 0.2) is 61.1 Å². The maximum absolute atomic E-state index is 4.86. The summed E-state index contributed by atoms with van der Waals surface area (Å²) in [6, 6.07) is 15.1. The molecule has 0 amide bonds. The van der Waals surface area contributed by atoms with Crippen LogP contribution in [0.3, 0.4) is 0 Å². The van der Waals surface area contributed by atoms with Crippen molar-refractivity contribution in [1.29, 1.82) is 0 Å². The lowest BCUT2D eigenvalue weighted by Gasteiger charge is -2.23. The number of hydrogen-bond donors (Lipinski definition) is 1. The van der Waals surface area contributed by atoms with E-state index in [0.29, 0.717) is 6.04 Å². The fourth-order valence-electron chi connectivity index (χ4n) is 3.20. The van der Waals surface area contributed by atoms with Gasteiger partial charge in [0.05, 0.1) is 12.2 Å². The molecule has 0 bridgehead atoms. The summed E-state index contributed by atoms with van der Waals surface area (Å²) in [5.41, 5.74) is 4.52. The van der Waals surface area contributed by atoms with Gasteiger partial charge in [0.2, 0.25) is 0 Å². The minimum Gasteiger partial charge on any atom is -0.311 e. The van der Waals surface area contributed by atoms with Gasteiger partial charge in [0.25, 0.3) is 0 Å². The number of nitrogens with one attached hydrogen (secondary N) is 1. The van der Waals surface area contributed by atoms with Gasteiger partial charge in [-0.25, -0.2) is 0 Å². The van der Waals surface area contributed by atoms with Gasteiger partial charge in [-0.2, -0.15) is 5.10 Å². The summed E-state index contributed by atoms with van der Waals surface area (Å²) in [6.07, 6.45) is 7.01. The van der Waals surface area contributed by atoms with E-state index >= 15 is 0 Å². The molecule has 2 aromatic heterocycles. The smallest absolute Gasteiger partial charge is 0.0983 e. The topological polar surface area (TPSA) is 46.0 Å². The summed E-state index contributed by atoms with van der Waals surface area (Å²) in [7, 11) is 2.19. The van der Waals surface area contributed by atoms with Crippen molar-refractivity contribution in [2.45, 2.75) is 39.4 Å². The van der Waals surface area contributed by atoms with Crippen molar-refractivity contribution >= 4 is 0 Å². The highest BCUT2D eigenvalue weighted by molar-refractivity contribution is 5.61. The lowest BCUT2D eigenvalue weighted by atomic mass is 10.1. The second-order valence-corrected chi connectivity index (χ2v) is 7.34. The van der Waals surface area contributed by atoms with Crippen LogP contribution < -0.4 is 5.32 Å². The Morgan fingerprint density at radius 2 is 1.96 bits per heavy atom. The number of likely N-dealkylation sites (N-methyl/N-ethyl adjacent to an activating group) is 1. The Morgan fingerprint density at radius 1 is 1.14 bits per heavy atom. The van der Waals surface area contributed by atoms with Crippen LogP contribution in [-0.2, 0) is 13.1 Å². The van der Waals surface area contributed by atoms with Crippen molar-refractivity contribution in [3.05, 3.63) is 72.2 Å². The fraction of sp³-hybridized carbons (Fsp3) is 0.391. The van der Waals surface area contributed by atoms with E-state index in [-0.39, 0.29) is 0 Å². The largest absolute Gasteiger partial charge is 0.311 e. The zero-order chi connectivity index (χ0) is 19.8. The van der Waals surface area contributed by atoms with Crippen LogP contribution >= 0.6 is 0 Å². The summed E-state index contributed by atoms with van der Waals surface area (Å²) in [4.78, 5) is 6.66. The molecular weight excluding hydrogens is 346 g/mol. The molecule has 1 N–H and O–H groups in total. The molecule has 5 nitrogen and oxygen atoms in total. The summed E-state index contributed by atoms with van der Waals surface area (Å²) < 4.78 is 2.03. The highest BCUT2D eigenvalue weighted by Crippen LogP contribution is 2.21. The molecule has 0 spiro atoms. The minimum atomic E-state index is 0.612. The number of nitrogens with zero attached hydrogens (tertiary/aromatic N) is 4. The van der Waals surface area contributed by atoms with E-state index < -0.39 is 0 Å². The van der Waals surface area contributed by atoms with Gasteiger partial charge >= 0.3 is 0 Å². The van der Waals surface area contributed by atoms with Gasteiger partial charge < -0.3 is 10.2 Å². The number of rotatable bonds is 10. The van der Waals surface area contributed by atoms with Crippen molar-refractivity contribution in [3.8, 4) is 11.3 Å². The lowest BCUT2D eigenvalue weighted by molar-refractivity contribution is 0.252. The summed E-state index contributed by atoms with van der Waals surface area (Å²) >= 11 is 0. The van der Waals surface area contributed by atoms with Crippen molar-refractivity contribution in [2.24, 2.45) is 0 Å². The van der Waals surface area contributed by atoms with Crippen LogP contribution in [0.1, 0.15) is 31.4 Å². The highest BCUT2D eigenvalue weighted by atomic mass is 15.3. The molecule has 0 fully saturated rings. The molecule has 1 unspecified atom stereocenters. The van der Waals surface area contributed by atoms with E-state index in [0.717, 1.165) is 37.4 Å². The Kier molecular flexibility index (Phi) is 7.34. The van der Waals surface area contributed by atoms with Crippen LogP contribution in [0.4, 0.5) is 0 Å². The number of hydrogen-bond acceptors (Lipinski definition) is 4. The van der Waals surface area contributed by atoms with Gasteiger partial charge in [-0.15, -0.1) is 0 Å². The molecule has 0 aliphatic heterocycles. The zero-order valence-corrected chi connectivity index (χ0v) is 17.2. The van der Waals surface area contributed by atoms with Gasteiger partial charge in [-0.1, -0.05) is 37.3 Å². The number of benzene rings is 1. The Balaban J connectivity index is 1.69. The van der Waals surface area contributed by atoms with Crippen LogP contribution in [-0.4, -0.2) is 45.8 Å². The fourth-order valence-corrected chi connectivity index (χ4v) is 3.20. The maximum Gasteiger partial charge on any atom is 0.0983 e. The molecular formula is C23H31N5. The van der Waals surface area contributed by atoms with Gasteiger partial charge in [0.15, 0.2) is 0 Å². The standard InChI is InChI=1S/C23H31N5/c1-4-19(2)27(3)14-13-25-16-22-18-28(17-20-9-6-5-7-10-20)26-23(22)21-11-8-12-24-15-21/h5-12,15,18-19,25H,4,13-14,16-17H2,1-3H3. The molecule has 0 saturated carbocycles. The quantitative estimate of drug-likeness (QED) is 0.546. The third kappa shape index (κ3) is 5.50. The Labute approximate surface area is 168 Å². The first-order valence-electron chi connectivity index (χ1n) is 10.1. The van der Waals surface area contributed by atoms with Crippen LogP contribution in [0.25, 0.3) is 11.3 Å². The highest BCUT2D eigenvalue weighted by Gasteiger charge is 2.12. The monoisotopic (exact) mass is 377 g/mol. The molecule has 2 heterocycles. The predicted molar refractivity (Wildman–Crippen MR) is 115 cm³/mol. The third-order valence-corrected chi connectivity index (χ3v) is 5.26. The summed E-state index contributed by atoms with van der Waals surface area (Å²) in [5.74, 6) is 0. The number of pyridine rings is 1. The van der Waals surface area contributed by atoms with Crippen molar-refractivity contribution < 1.29 is 0 Å². The molecule has 1 atom stereocenters. The molecule has 3 rings (SSSR count). The van der Waals surface area contributed by atoms with E-state index in [1.807, 2.05) is 23.0 Å². The average molecular weight is 378 g/mol. The lowest BCUT2D eigenvalue weighted by Crippen LogP contribution is -2.34.